The Hall–Kier alpha value is -3.40. The maximum absolute atomic E-state index is 12.9. The van der Waals surface area contributed by atoms with Crippen LogP contribution in [0.5, 0.6) is 5.75 Å². The first-order valence-corrected chi connectivity index (χ1v) is 8.86. The second kappa shape index (κ2) is 8.09. The number of H-pyrrole nitrogens is 1. The molecule has 0 unspecified atom stereocenters. The quantitative estimate of drug-likeness (QED) is 0.463. The molecule has 1 N–H and O–H groups in total. The molecule has 0 aliphatic rings. The molecule has 1 heterocycles. The van der Waals surface area contributed by atoms with Crippen LogP contribution in [0.25, 0.3) is 22.4 Å². The predicted molar refractivity (Wildman–Crippen MR) is 114 cm³/mol. The number of fused-ring (bicyclic) bond motifs is 1. The highest BCUT2D eigenvalue weighted by molar-refractivity contribution is 5.99. The largest absolute Gasteiger partial charge is 0.497 e. The summed E-state index contributed by atoms with van der Waals surface area (Å²) < 4.78 is 5.30. The molecule has 0 aliphatic heterocycles. The topological polar surface area (TPSA) is 55.0 Å². The summed E-state index contributed by atoms with van der Waals surface area (Å²) in [5.74, 6) is 1.53. The first-order valence-electron chi connectivity index (χ1n) is 8.86. The highest BCUT2D eigenvalue weighted by atomic mass is 16.5. The monoisotopic (exact) mass is 372 g/mol. The van der Waals surface area contributed by atoms with E-state index in [9.17, 15) is 4.79 Å². The third-order valence-corrected chi connectivity index (χ3v) is 4.62. The Balaban J connectivity index is 0.00000225. The fourth-order valence-electron chi connectivity index (χ4n) is 3.29. The van der Waals surface area contributed by atoms with Crippen molar-refractivity contribution in [2.75, 3.05) is 7.11 Å². The molecule has 0 fully saturated rings. The number of methoxy groups -OCH3 is 1. The number of benzene rings is 3. The minimum absolute atomic E-state index is 0. The second-order valence-electron chi connectivity index (χ2n) is 6.60. The Labute approximate surface area is 165 Å². The summed E-state index contributed by atoms with van der Waals surface area (Å²) in [5, 5.41) is 0. The van der Waals surface area contributed by atoms with Gasteiger partial charge in [-0.25, -0.2) is 4.98 Å². The van der Waals surface area contributed by atoms with Crippen molar-refractivity contribution in [3.63, 3.8) is 0 Å². The molecule has 0 atom stereocenters. The Bertz CT molecular complexity index is 1100. The van der Waals surface area contributed by atoms with Crippen molar-refractivity contribution < 1.29 is 9.53 Å². The molecule has 4 heteroatoms. The molecule has 0 bridgehead atoms. The molecule has 0 aliphatic carbocycles. The van der Waals surface area contributed by atoms with Gasteiger partial charge in [-0.15, -0.1) is 0 Å². The normalized spacial score (nSPS) is 10.5. The molecular weight excluding hydrogens is 348 g/mol. The summed E-state index contributed by atoms with van der Waals surface area (Å²) in [6.07, 6.45) is 0.305. The van der Waals surface area contributed by atoms with Crippen LogP contribution < -0.4 is 4.74 Å². The molecule has 0 amide bonds. The number of aromatic nitrogens is 2. The number of aryl methyl sites for hydroxylation is 1. The lowest BCUT2D eigenvalue weighted by Crippen LogP contribution is -2.06. The number of aromatic amines is 1. The van der Waals surface area contributed by atoms with E-state index in [0.717, 1.165) is 33.5 Å². The lowest BCUT2D eigenvalue weighted by molar-refractivity contribution is 0.0992. The standard InChI is InChI=1S/C23H20N2O2.CH4/c1-15-11-17(13-18(12-15)27-2)22(26)14-16-7-3-4-8-19(16)23-24-20-9-5-6-10-21(20)25-23;/h3-13H,14H2,1-2H3,(H,24,25);1H4. The molecule has 3 aromatic carbocycles. The van der Waals surface area contributed by atoms with Crippen molar-refractivity contribution in [2.45, 2.75) is 20.8 Å². The lowest BCUT2D eigenvalue weighted by Gasteiger charge is -2.09. The summed E-state index contributed by atoms with van der Waals surface area (Å²) in [7, 11) is 1.61. The van der Waals surface area contributed by atoms with Crippen LogP contribution in [0.1, 0.15) is 28.9 Å². The van der Waals surface area contributed by atoms with Crippen LogP contribution in [0.3, 0.4) is 0 Å². The van der Waals surface area contributed by atoms with Gasteiger partial charge in [0.2, 0.25) is 0 Å². The minimum atomic E-state index is 0. The lowest BCUT2D eigenvalue weighted by atomic mass is 9.97. The van der Waals surface area contributed by atoms with Gasteiger partial charge in [0, 0.05) is 17.5 Å². The van der Waals surface area contributed by atoms with Crippen LogP contribution in [0, 0.1) is 6.92 Å². The fraction of sp³-hybridized carbons (Fsp3) is 0.167. The molecule has 142 valence electrons. The number of hydrogen-bond acceptors (Lipinski definition) is 3. The van der Waals surface area contributed by atoms with Crippen molar-refractivity contribution in [1.29, 1.82) is 0 Å². The maximum atomic E-state index is 12.9. The first-order chi connectivity index (χ1) is 13.1. The highest BCUT2D eigenvalue weighted by Gasteiger charge is 2.14. The minimum Gasteiger partial charge on any atom is -0.497 e. The van der Waals surface area contributed by atoms with Crippen molar-refractivity contribution >= 4 is 16.8 Å². The van der Waals surface area contributed by atoms with E-state index in [4.69, 9.17) is 4.74 Å². The zero-order valence-electron chi connectivity index (χ0n) is 15.3. The van der Waals surface area contributed by atoms with Crippen molar-refractivity contribution in [3.05, 3.63) is 83.4 Å². The van der Waals surface area contributed by atoms with E-state index in [-0.39, 0.29) is 13.2 Å². The van der Waals surface area contributed by atoms with Gasteiger partial charge in [0.15, 0.2) is 5.78 Å². The summed E-state index contributed by atoms with van der Waals surface area (Å²) in [6.45, 7) is 1.96. The number of imidazole rings is 1. The van der Waals surface area contributed by atoms with Crippen LogP contribution in [0.15, 0.2) is 66.7 Å². The third kappa shape index (κ3) is 3.81. The molecular formula is C24H24N2O2. The fourth-order valence-corrected chi connectivity index (χ4v) is 3.29. The molecule has 0 saturated heterocycles. The molecule has 4 nitrogen and oxygen atoms in total. The van der Waals surface area contributed by atoms with Gasteiger partial charge < -0.3 is 9.72 Å². The van der Waals surface area contributed by atoms with Gasteiger partial charge in [-0.1, -0.05) is 43.8 Å². The number of ether oxygens (including phenoxy) is 1. The SMILES string of the molecule is C.COc1cc(C)cc(C(=O)Cc2ccccc2-c2nc3ccccc3[nH]2)c1. The first kappa shape index (κ1) is 19.4. The van der Waals surface area contributed by atoms with Crippen molar-refractivity contribution in [1.82, 2.24) is 9.97 Å². The van der Waals surface area contributed by atoms with E-state index in [0.29, 0.717) is 17.7 Å². The van der Waals surface area contributed by atoms with Gasteiger partial charge in [-0.3, -0.25) is 4.79 Å². The Morgan fingerprint density at radius 2 is 1.79 bits per heavy atom. The molecule has 0 radical (unpaired) electrons. The highest BCUT2D eigenvalue weighted by Crippen LogP contribution is 2.26. The average molecular weight is 372 g/mol. The van der Waals surface area contributed by atoms with Crippen LogP contribution in [0.4, 0.5) is 0 Å². The van der Waals surface area contributed by atoms with Crippen molar-refractivity contribution in [2.24, 2.45) is 0 Å². The molecule has 28 heavy (non-hydrogen) atoms. The average Bonchev–Trinajstić information content (AvgIpc) is 3.12. The molecule has 1 aromatic heterocycles. The van der Waals surface area contributed by atoms with Gasteiger partial charge in [0.05, 0.1) is 18.1 Å². The van der Waals surface area contributed by atoms with Gasteiger partial charge in [0.1, 0.15) is 11.6 Å². The number of nitrogens with zero attached hydrogens (tertiary/aromatic N) is 1. The van der Waals surface area contributed by atoms with Crippen LogP contribution in [-0.2, 0) is 6.42 Å². The van der Waals surface area contributed by atoms with E-state index < -0.39 is 0 Å². The number of carbonyl (C=O) groups excluding carboxylic acids is 1. The number of hydrogen-bond donors (Lipinski definition) is 1. The van der Waals surface area contributed by atoms with Gasteiger partial charge in [-0.05, 0) is 48.4 Å². The Morgan fingerprint density at radius 3 is 2.57 bits per heavy atom. The van der Waals surface area contributed by atoms with Crippen LogP contribution >= 0.6 is 0 Å². The smallest absolute Gasteiger partial charge is 0.167 e. The molecule has 0 saturated carbocycles. The number of Topliss-reactive ketones (excluding diaryl/α,β-unsaturated/α-hetero) is 1. The van der Waals surface area contributed by atoms with E-state index in [1.807, 2.05) is 67.6 Å². The van der Waals surface area contributed by atoms with Gasteiger partial charge >= 0.3 is 0 Å². The summed E-state index contributed by atoms with van der Waals surface area (Å²) >= 11 is 0. The number of carbonyl (C=O) groups is 1. The van der Waals surface area contributed by atoms with Crippen LogP contribution in [0.2, 0.25) is 0 Å². The van der Waals surface area contributed by atoms with Crippen LogP contribution in [-0.4, -0.2) is 22.9 Å². The maximum Gasteiger partial charge on any atom is 0.167 e. The molecule has 4 rings (SSSR count). The predicted octanol–water partition coefficient (Wildman–Crippen LogP) is 5.61. The Kier molecular flexibility index (Phi) is 5.59. The number of rotatable bonds is 5. The molecule has 0 spiro atoms. The number of ketones is 1. The van der Waals surface area contributed by atoms with E-state index in [2.05, 4.69) is 9.97 Å². The van der Waals surface area contributed by atoms with E-state index in [1.165, 1.54) is 0 Å². The third-order valence-electron chi connectivity index (χ3n) is 4.62. The van der Waals surface area contributed by atoms with Gasteiger partial charge in [-0.2, -0.15) is 0 Å². The summed E-state index contributed by atoms with van der Waals surface area (Å²) in [5.41, 5.74) is 5.45. The zero-order chi connectivity index (χ0) is 18.8. The van der Waals surface area contributed by atoms with E-state index >= 15 is 0 Å². The van der Waals surface area contributed by atoms with Gasteiger partial charge in [0.25, 0.3) is 0 Å². The second-order valence-corrected chi connectivity index (χ2v) is 6.60. The van der Waals surface area contributed by atoms with E-state index in [1.54, 1.807) is 13.2 Å². The number of para-hydroxylation sites is 2. The summed E-state index contributed by atoms with van der Waals surface area (Å²) in [4.78, 5) is 20.9. The Morgan fingerprint density at radius 1 is 1.04 bits per heavy atom. The molecule has 4 aromatic rings. The number of nitrogens with one attached hydrogen (secondary N) is 1. The van der Waals surface area contributed by atoms with Crippen molar-refractivity contribution in [3.8, 4) is 17.1 Å². The zero-order valence-corrected chi connectivity index (χ0v) is 15.3. The summed E-state index contributed by atoms with van der Waals surface area (Å²) in [6, 6.07) is 21.4.